The summed E-state index contributed by atoms with van der Waals surface area (Å²) in [6.45, 7) is 4.32. The van der Waals surface area contributed by atoms with E-state index >= 15 is 0 Å². The zero-order chi connectivity index (χ0) is 7.84. The fraction of sp³-hybridized carbons (Fsp3) is 0.625. The Morgan fingerprint density at radius 2 is 2.36 bits per heavy atom. The molecule has 0 aromatic carbocycles. The Bertz CT molecular complexity index is 260. The second kappa shape index (κ2) is 2.34. The molecule has 11 heavy (non-hydrogen) atoms. The van der Waals surface area contributed by atoms with Crippen molar-refractivity contribution in [1.29, 1.82) is 0 Å². The van der Waals surface area contributed by atoms with Crippen molar-refractivity contribution in [2.24, 2.45) is 7.05 Å². The predicted octanol–water partition coefficient (Wildman–Crippen LogP) is 0.415. The molecule has 0 aliphatic carbocycles. The monoisotopic (exact) mass is 151 g/mol. The van der Waals surface area contributed by atoms with Crippen LogP contribution in [0.1, 0.15) is 17.2 Å². The normalized spacial score (nSPS) is 18.4. The number of hydrogen-bond donors (Lipinski definition) is 1. The first-order chi connectivity index (χ1) is 5.27. The van der Waals surface area contributed by atoms with Gasteiger partial charge < -0.3 is 5.32 Å². The average Bonchev–Trinajstić information content (AvgIpc) is 2.07. The van der Waals surface area contributed by atoms with E-state index in [9.17, 15) is 0 Å². The summed E-state index contributed by atoms with van der Waals surface area (Å²) in [5.41, 5.74) is 2.59. The Morgan fingerprint density at radius 3 is 2.73 bits per heavy atom. The van der Waals surface area contributed by atoms with Crippen LogP contribution in [0.15, 0.2) is 6.20 Å². The summed E-state index contributed by atoms with van der Waals surface area (Å²) in [6.07, 6.45) is 2.08. The third-order valence-electron chi connectivity index (χ3n) is 2.22. The molecule has 3 nitrogen and oxygen atoms in total. The Labute approximate surface area is 66.4 Å². The first kappa shape index (κ1) is 6.85. The van der Waals surface area contributed by atoms with E-state index < -0.39 is 0 Å². The second-order valence-electron chi connectivity index (χ2n) is 3.23. The van der Waals surface area contributed by atoms with Crippen LogP contribution < -0.4 is 5.32 Å². The van der Waals surface area contributed by atoms with Crippen LogP contribution in [0.3, 0.4) is 0 Å². The number of aryl methyl sites for hydroxylation is 2. The Hall–Kier alpha value is -0.830. The topological polar surface area (TPSA) is 29.9 Å². The molecule has 0 unspecified atom stereocenters. The minimum Gasteiger partial charge on any atom is -0.315 e. The summed E-state index contributed by atoms with van der Waals surface area (Å²) in [5, 5.41) is 7.66. The van der Waals surface area contributed by atoms with E-state index in [1.165, 1.54) is 11.3 Å². The standard InChI is InChI=1S/C8H13N3/c1-6-5-11(2)10-8(6)7-3-9-4-7/h5,7,9H,3-4H2,1-2H3. The highest BCUT2D eigenvalue weighted by atomic mass is 15.3. The van der Waals surface area contributed by atoms with Crippen LogP contribution in [0.4, 0.5) is 0 Å². The van der Waals surface area contributed by atoms with Crippen LogP contribution >= 0.6 is 0 Å². The van der Waals surface area contributed by atoms with Gasteiger partial charge in [-0.25, -0.2) is 0 Å². The van der Waals surface area contributed by atoms with Crippen molar-refractivity contribution < 1.29 is 0 Å². The first-order valence-corrected chi connectivity index (χ1v) is 3.98. The summed E-state index contributed by atoms with van der Waals surface area (Å²) >= 11 is 0. The van der Waals surface area contributed by atoms with Crippen molar-refractivity contribution in [3.8, 4) is 0 Å². The van der Waals surface area contributed by atoms with Gasteiger partial charge in [-0.1, -0.05) is 0 Å². The lowest BCUT2D eigenvalue weighted by Crippen LogP contribution is -2.40. The molecule has 1 saturated heterocycles. The molecule has 1 fully saturated rings. The maximum absolute atomic E-state index is 4.41. The van der Waals surface area contributed by atoms with E-state index in [-0.39, 0.29) is 0 Å². The molecule has 3 heteroatoms. The molecule has 0 spiro atoms. The first-order valence-electron chi connectivity index (χ1n) is 3.98. The van der Waals surface area contributed by atoms with Gasteiger partial charge >= 0.3 is 0 Å². The van der Waals surface area contributed by atoms with Crippen LogP contribution in [-0.4, -0.2) is 22.9 Å². The third kappa shape index (κ3) is 1.05. The van der Waals surface area contributed by atoms with Crippen molar-refractivity contribution in [3.05, 3.63) is 17.5 Å². The van der Waals surface area contributed by atoms with Gasteiger partial charge in [0, 0.05) is 32.3 Å². The minimum atomic E-state index is 0.663. The van der Waals surface area contributed by atoms with Gasteiger partial charge in [-0.2, -0.15) is 5.10 Å². The molecule has 0 radical (unpaired) electrons. The zero-order valence-corrected chi connectivity index (χ0v) is 6.96. The van der Waals surface area contributed by atoms with Gasteiger partial charge in [0.25, 0.3) is 0 Å². The molecule has 1 N–H and O–H groups in total. The lowest BCUT2D eigenvalue weighted by molar-refractivity contribution is 0.435. The smallest absolute Gasteiger partial charge is 0.0709 e. The van der Waals surface area contributed by atoms with Gasteiger partial charge in [0.2, 0.25) is 0 Å². The summed E-state index contributed by atoms with van der Waals surface area (Å²) < 4.78 is 1.89. The van der Waals surface area contributed by atoms with Gasteiger partial charge in [-0.05, 0) is 12.5 Å². The lowest BCUT2D eigenvalue weighted by Gasteiger charge is -2.25. The molecule has 2 rings (SSSR count). The molecule has 60 valence electrons. The van der Waals surface area contributed by atoms with Gasteiger partial charge in [-0.3, -0.25) is 4.68 Å². The molecule has 1 aromatic heterocycles. The fourth-order valence-electron chi connectivity index (χ4n) is 1.51. The number of hydrogen-bond acceptors (Lipinski definition) is 2. The average molecular weight is 151 g/mol. The Kier molecular flexibility index (Phi) is 1.46. The number of nitrogens with one attached hydrogen (secondary N) is 1. The van der Waals surface area contributed by atoms with Gasteiger partial charge in [0.15, 0.2) is 0 Å². The number of rotatable bonds is 1. The number of aromatic nitrogens is 2. The van der Waals surface area contributed by atoms with E-state index in [0.717, 1.165) is 13.1 Å². The maximum atomic E-state index is 4.41. The van der Waals surface area contributed by atoms with Crippen molar-refractivity contribution >= 4 is 0 Å². The van der Waals surface area contributed by atoms with E-state index in [1.807, 2.05) is 11.7 Å². The summed E-state index contributed by atoms with van der Waals surface area (Å²) in [4.78, 5) is 0. The van der Waals surface area contributed by atoms with E-state index in [2.05, 4.69) is 23.5 Å². The summed E-state index contributed by atoms with van der Waals surface area (Å²) in [7, 11) is 1.97. The summed E-state index contributed by atoms with van der Waals surface area (Å²) in [6, 6.07) is 0. The zero-order valence-electron chi connectivity index (χ0n) is 6.96. The highest BCUT2D eigenvalue weighted by Crippen LogP contribution is 2.20. The Morgan fingerprint density at radius 1 is 1.64 bits per heavy atom. The molecular formula is C8H13N3. The van der Waals surface area contributed by atoms with E-state index in [4.69, 9.17) is 0 Å². The lowest BCUT2D eigenvalue weighted by atomic mass is 9.97. The van der Waals surface area contributed by atoms with Crippen molar-refractivity contribution in [3.63, 3.8) is 0 Å². The quantitative estimate of drug-likeness (QED) is 0.630. The summed E-state index contributed by atoms with van der Waals surface area (Å²) in [5.74, 6) is 0.663. The van der Waals surface area contributed by atoms with Crippen LogP contribution in [-0.2, 0) is 7.05 Å². The van der Waals surface area contributed by atoms with Gasteiger partial charge in [-0.15, -0.1) is 0 Å². The fourth-order valence-corrected chi connectivity index (χ4v) is 1.51. The van der Waals surface area contributed by atoms with Crippen LogP contribution in [0, 0.1) is 6.92 Å². The SMILES string of the molecule is Cc1cn(C)nc1C1CNC1. The maximum Gasteiger partial charge on any atom is 0.0709 e. The van der Waals surface area contributed by atoms with E-state index in [0.29, 0.717) is 5.92 Å². The third-order valence-corrected chi connectivity index (χ3v) is 2.22. The van der Waals surface area contributed by atoms with Crippen molar-refractivity contribution in [2.75, 3.05) is 13.1 Å². The van der Waals surface area contributed by atoms with E-state index in [1.54, 1.807) is 0 Å². The molecule has 0 atom stereocenters. The largest absolute Gasteiger partial charge is 0.315 e. The minimum absolute atomic E-state index is 0.663. The van der Waals surface area contributed by atoms with Crippen LogP contribution in [0.25, 0.3) is 0 Å². The van der Waals surface area contributed by atoms with Crippen LogP contribution in [0.5, 0.6) is 0 Å². The number of nitrogens with zero attached hydrogens (tertiary/aromatic N) is 2. The van der Waals surface area contributed by atoms with Gasteiger partial charge in [0.1, 0.15) is 0 Å². The molecule has 0 amide bonds. The highest BCUT2D eigenvalue weighted by molar-refractivity contribution is 5.22. The van der Waals surface area contributed by atoms with Gasteiger partial charge in [0.05, 0.1) is 5.69 Å². The molecule has 1 aliphatic rings. The molecule has 1 aliphatic heterocycles. The molecule has 1 aromatic rings. The predicted molar refractivity (Wildman–Crippen MR) is 43.6 cm³/mol. The van der Waals surface area contributed by atoms with Crippen molar-refractivity contribution in [2.45, 2.75) is 12.8 Å². The molecule has 0 bridgehead atoms. The highest BCUT2D eigenvalue weighted by Gasteiger charge is 2.22. The Balaban J connectivity index is 2.28. The molecule has 2 heterocycles. The van der Waals surface area contributed by atoms with Crippen molar-refractivity contribution in [1.82, 2.24) is 15.1 Å². The van der Waals surface area contributed by atoms with Crippen LogP contribution in [0.2, 0.25) is 0 Å². The molecular weight excluding hydrogens is 138 g/mol. The molecule has 0 saturated carbocycles. The second-order valence-corrected chi connectivity index (χ2v) is 3.23.